The van der Waals surface area contributed by atoms with Crippen LogP contribution in [0.2, 0.25) is 0 Å². The summed E-state index contributed by atoms with van der Waals surface area (Å²) in [6.45, 7) is -0.664. The number of benzene rings is 2. The number of hydrogen-bond acceptors (Lipinski definition) is 11. The van der Waals surface area contributed by atoms with Gasteiger partial charge in [-0.05, 0) is 36.4 Å². The molecule has 3 aliphatic heterocycles. The molecule has 0 spiro atoms. The third-order valence-corrected chi connectivity index (χ3v) is 7.47. The molecule has 1 fully saturated rings. The fourth-order valence-corrected chi connectivity index (χ4v) is 5.13. The minimum atomic E-state index is -1.73. The van der Waals surface area contributed by atoms with Gasteiger partial charge in [0.25, 0.3) is 0 Å². The maximum atomic E-state index is 10.8. The second-order valence-corrected chi connectivity index (χ2v) is 10.6. The first-order chi connectivity index (χ1) is 20.5. The van der Waals surface area contributed by atoms with Crippen molar-refractivity contribution < 1.29 is 58.6 Å². The lowest BCUT2D eigenvalue weighted by Crippen LogP contribution is -2.60. The zero-order chi connectivity index (χ0) is 30.6. The van der Waals surface area contributed by atoms with Crippen LogP contribution in [0.1, 0.15) is 0 Å². The van der Waals surface area contributed by atoms with Gasteiger partial charge in [-0.1, -0.05) is 0 Å². The highest BCUT2D eigenvalue weighted by molar-refractivity contribution is 6.05. The Labute approximate surface area is 244 Å². The summed E-state index contributed by atoms with van der Waals surface area (Å²) in [4.78, 5) is 0. The van der Waals surface area contributed by atoms with Crippen LogP contribution in [0.5, 0.6) is 23.0 Å². The number of nitrogens with zero attached hydrogens (tertiary/aromatic N) is 1. The maximum absolute atomic E-state index is 10.8. The van der Waals surface area contributed by atoms with Crippen molar-refractivity contribution in [3.8, 4) is 45.4 Å². The molecule has 4 aliphatic rings. The Hall–Kier alpha value is -4.59. The first kappa shape index (κ1) is 28.5. The van der Waals surface area contributed by atoms with E-state index in [4.69, 9.17) is 18.3 Å². The number of aromatic hydroxyl groups is 3. The molecule has 12 nitrogen and oxygen atoms in total. The fraction of sp³-hybridized carbons (Fsp3) is 0.258. The predicted octanol–water partition coefficient (Wildman–Crippen LogP) is 1.36. The number of aliphatic hydroxyl groups is 4. The molecule has 224 valence electrons. The molecule has 12 heteroatoms. The number of hydrogen-bond donors (Lipinski definition) is 7. The standard InChI is InChI=1S/C31H29NO11/c1-32(2)16-6-3-14(4-7-16)21-12-18-25-22(40-21)10-17(34)11-23(25)41-29(15-5-8-19(35)20(36)9-15)30(18)43-31-28(39)27(38)26(37)24(13-33)42-31/h3-12,24,26-28,31,33,37-39H,13H2,1-2H3,(H2,34,35,36)/p+1. The minimum absolute atomic E-state index is 0.00626. The maximum Gasteiger partial charge on any atom is 0.229 e. The van der Waals surface area contributed by atoms with Crippen LogP contribution in [-0.2, 0) is 4.74 Å². The Morgan fingerprint density at radius 3 is 2.16 bits per heavy atom. The molecule has 0 radical (unpaired) electrons. The molecule has 3 heterocycles. The summed E-state index contributed by atoms with van der Waals surface area (Å²) in [5.41, 5.74) is 3.49. The van der Waals surface area contributed by atoms with Gasteiger partial charge in [-0.3, -0.25) is 0 Å². The quantitative estimate of drug-likeness (QED) is 0.134. The van der Waals surface area contributed by atoms with Gasteiger partial charge in [-0.2, -0.15) is 0 Å². The average molecular weight is 593 g/mol. The Morgan fingerprint density at radius 2 is 1.51 bits per heavy atom. The van der Waals surface area contributed by atoms with E-state index in [9.17, 15) is 35.7 Å². The molecular weight excluding hydrogens is 562 g/mol. The highest BCUT2D eigenvalue weighted by Gasteiger charge is 2.45. The molecule has 6 rings (SSSR count). The molecule has 0 aromatic heterocycles. The van der Waals surface area contributed by atoms with Gasteiger partial charge in [-0.25, -0.2) is 4.58 Å². The summed E-state index contributed by atoms with van der Waals surface area (Å²) >= 11 is 0. The Bertz CT molecular complexity index is 1820. The molecule has 1 aliphatic carbocycles. The molecule has 0 bridgehead atoms. The van der Waals surface area contributed by atoms with Crippen molar-refractivity contribution in [1.82, 2.24) is 0 Å². The van der Waals surface area contributed by atoms with E-state index >= 15 is 0 Å². The summed E-state index contributed by atoms with van der Waals surface area (Å²) in [5, 5.41) is 71.9. The molecule has 7 N–H and O–H groups in total. The van der Waals surface area contributed by atoms with E-state index in [1.807, 2.05) is 43.0 Å². The van der Waals surface area contributed by atoms with E-state index in [1.165, 1.54) is 30.3 Å². The Kier molecular flexibility index (Phi) is 7.24. The van der Waals surface area contributed by atoms with E-state index < -0.39 is 43.1 Å². The highest BCUT2D eigenvalue weighted by Crippen LogP contribution is 2.48. The normalized spacial score (nSPS) is 23.8. The van der Waals surface area contributed by atoms with Crippen LogP contribution >= 0.6 is 0 Å². The third kappa shape index (κ3) is 5.05. The van der Waals surface area contributed by atoms with E-state index in [0.717, 1.165) is 5.71 Å². The van der Waals surface area contributed by atoms with Crippen LogP contribution in [-0.4, -0.2) is 97.4 Å². The first-order valence-corrected chi connectivity index (χ1v) is 13.4. The van der Waals surface area contributed by atoms with Crippen molar-refractivity contribution >= 4 is 22.5 Å². The zero-order valence-corrected chi connectivity index (χ0v) is 23.1. The van der Waals surface area contributed by atoms with Crippen LogP contribution in [0.15, 0.2) is 69.5 Å². The van der Waals surface area contributed by atoms with E-state index in [-0.39, 0.29) is 39.7 Å². The van der Waals surface area contributed by atoms with Gasteiger partial charge in [0, 0.05) is 41.0 Å². The number of allylic oxidation sites excluding steroid dienone is 4. The molecule has 43 heavy (non-hydrogen) atoms. The molecule has 1 saturated heterocycles. The van der Waals surface area contributed by atoms with Crippen molar-refractivity contribution in [3.63, 3.8) is 0 Å². The zero-order valence-electron chi connectivity index (χ0n) is 23.1. The lowest BCUT2D eigenvalue weighted by Gasteiger charge is -2.40. The lowest BCUT2D eigenvalue weighted by molar-refractivity contribution is -0.462. The summed E-state index contributed by atoms with van der Waals surface area (Å²) < 4.78 is 26.2. The topological polar surface area (TPSA) is 189 Å². The van der Waals surface area contributed by atoms with Crippen molar-refractivity contribution in [3.05, 3.63) is 66.1 Å². The fourth-order valence-electron chi connectivity index (χ4n) is 5.13. The minimum Gasteiger partial charge on any atom is -0.508 e. The highest BCUT2D eigenvalue weighted by atomic mass is 16.7. The molecule has 2 aromatic rings. The van der Waals surface area contributed by atoms with Gasteiger partial charge < -0.3 is 54.1 Å². The van der Waals surface area contributed by atoms with E-state index in [1.54, 1.807) is 6.07 Å². The van der Waals surface area contributed by atoms with Crippen molar-refractivity contribution in [2.45, 2.75) is 30.7 Å². The van der Waals surface area contributed by atoms with Gasteiger partial charge in [0.1, 0.15) is 60.8 Å². The van der Waals surface area contributed by atoms with Crippen molar-refractivity contribution in [2.75, 3.05) is 20.7 Å². The monoisotopic (exact) mass is 592 g/mol. The largest absolute Gasteiger partial charge is 0.508 e. The van der Waals surface area contributed by atoms with E-state index in [2.05, 4.69) is 0 Å². The Morgan fingerprint density at radius 1 is 0.814 bits per heavy atom. The van der Waals surface area contributed by atoms with Crippen molar-refractivity contribution in [1.29, 1.82) is 0 Å². The van der Waals surface area contributed by atoms with Crippen LogP contribution in [0.25, 0.3) is 39.2 Å². The third-order valence-electron chi connectivity index (χ3n) is 7.47. The van der Waals surface area contributed by atoms with Gasteiger partial charge >= 0.3 is 0 Å². The summed E-state index contributed by atoms with van der Waals surface area (Å²) in [6, 6.07) is 8.40. The van der Waals surface area contributed by atoms with E-state index in [0.29, 0.717) is 22.1 Å². The number of aliphatic hydroxyl groups excluding tert-OH is 4. The summed E-state index contributed by atoms with van der Waals surface area (Å²) in [7, 11) is 3.83. The molecular formula is C31H30NO11+. The molecule has 0 amide bonds. The SMILES string of the molecule is C[N+](C)=C1C=CC(=c2cc3c(OC4OC(CO)C(O)C(O)C4O)c(-c4ccc(O)c(O)c4)oc4cc(O)cc(o2)c4-3)C=C1. The van der Waals surface area contributed by atoms with Crippen LogP contribution in [0.3, 0.4) is 0 Å². The van der Waals surface area contributed by atoms with Crippen molar-refractivity contribution in [2.24, 2.45) is 0 Å². The van der Waals surface area contributed by atoms with Gasteiger partial charge in [-0.15, -0.1) is 0 Å². The van der Waals surface area contributed by atoms with Crippen LogP contribution in [0.4, 0.5) is 0 Å². The van der Waals surface area contributed by atoms with Gasteiger partial charge in [0.15, 0.2) is 28.7 Å². The number of ether oxygens (including phenoxy) is 2. The first-order valence-electron chi connectivity index (χ1n) is 13.4. The molecule has 5 unspecified atom stereocenters. The van der Waals surface area contributed by atoms with Crippen LogP contribution < -0.4 is 10.2 Å². The van der Waals surface area contributed by atoms with Gasteiger partial charge in [0.2, 0.25) is 6.29 Å². The Balaban J connectivity index is 1.64. The average Bonchev–Trinajstić information content (AvgIpc) is 2.99. The molecule has 5 atom stereocenters. The molecule has 2 aromatic carbocycles. The molecule has 0 saturated carbocycles. The summed E-state index contributed by atoms with van der Waals surface area (Å²) in [6.07, 6.45) is -0.336. The second kappa shape index (κ2) is 10.9. The number of rotatable bonds is 4. The predicted molar refractivity (Wildman–Crippen MR) is 153 cm³/mol. The lowest BCUT2D eigenvalue weighted by atomic mass is 9.97. The smallest absolute Gasteiger partial charge is 0.229 e. The number of phenolic OH excluding ortho intramolecular Hbond substituents is 3. The number of phenols is 3. The second-order valence-electron chi connectivity index (χ2n) is 10.6. The van der Waals surface area contributed by atoms with Gasteiger partial charge in [0.05, 0.1) is 12.2 Å². The summed E-state index contributed by atoms with van der Waals surface area (Å²) in [5.74, 6) is -0.980. The van der Waals surface area contributed by atoms with Crippen LogP contribution in [0, 0.1) is 0 Å².